The lowest BCUT2D eigenvalue weighted by Gasteiger charge is -2.22. The van der Waals surface area contributed by atoms with E-state index in [4.69, 9.17) is 9.84 Å². The lowest BCUT2D eigenvalue weighted by Crippen LogP contribution is -2.37. The number of anilines is 1. The van der Waals surface area contributed by atoms with Crippen molar-refractivity contribution in [1.29, 1.82) is 0 Å². The van der Waals surface area contributed by atoms with Crippen LogP contribution in [0.15, 0.2) is 18.2 Å². The van der Waals surface area contributed by atoms with Crippen molar-refractivity contribution in [3.63, 3.8) is 0 Å². The van der Waals surface area contributed by atoms with Gasteiger partial charge in [-0.05, 0) is 18.6 Å². The quantitative estimate of drug-likeness (QED) is 0.745. The summed E-state index contributed by atoms with van der Waals surface area (Å²) in [5.41, 5.74) is 1.34. The van der Waals surface area contributed by atoms with Gasteiger partial charge in [-0.3, -0.25) is 4.79 Å². The number of hydrogen-bond acceptors (Lipinski definition) is 4. The SMILES string of the molecule is CC[C@H](CO)NC(=O)c1cccc2c1OCCN2. The molecule has 5 heteroatoms. The molecule has 18 heavy (non-hydrogen) atoms. The van der Waals surface area contributed by atoms with E-state index in [2.05, 4.69) is 10.6 Å². The number of para-hydroxylation sites is 1. The van der Waals surface area contributed by atoms with Crippen molar-refractivity contribution in [3.05, 3.63) is 23.8 Å². The average Bonchev–Trinajstić information content (AvgIpc) is 2.43. The summed E-state index contributed by atoms with van der Waals surface area (Å²) in [6, 6.07) is 5.21. The molecule has 3 N–H and O–H groups in total. The third kappa shape index (κ3) is 2.56. The van der Waals surface area contributed by atoms with Gasteiger partial charge in [0.15, 0.2) is 5.75 Å². The van der Waals surface area contributed by atoms with Crippen LogP contribution in [0, 0.1) is 0 Å². The van der Waals surface area contributed by atoms with Gasteiger partial charge >= 0.3 is 0 Å². The summed E-state index contributed by atoms with van der Waals surface area (Å²) >= 11 is 0. The largest absolute Gasteiger partial charge is 0.489 e. The Labute approximate surface area is 106 Å². The molecule has 0 saturated heterocycles. The smallest absolute Gasteiger partial charge is 0.255 e. The summed E-state index contributed by atoms with van der Waals surface area (Å²) in [6.45, 7) is 3.15. The van der Waals surface area contributed by atoms with Gasteiger partial charge in [0, 0.05) is 6.54 Å². The number of carbonyl (C=O) groups excluding carboxylic acids is 1. The normalized spacial score (nSPS) is 15.0. The summed E-state index contributed by atoms with van der Waals surface area (Å²) in [7, 11) is 0. The van der Waals surface area contributed by atoms with Crippen molar-refractivity contribution in [2.45, 2.75) is 19.4 Å². The van der Waals surface area contributed by atoms with Gasteiger partial charge in [-0.1, -0.05) is 13.0 Å². The Hall–Kier alpha value is -1.75. The van der Waals surface area contributed by atoms with Crippen molar-refractivity contribution in [2.24, 2.45) is 0 Å². The van der Waals surface area contributed by atoms with Crippen LogP contribution >= 0.6 is 0 Å². The fraction of sp³-hybridized carbons (Fsp3) is 0.462. The summed E-state index contributed by atoms with van der Waals surface area (Å²) in [5, 5.41) is 15.1. The lowest BCUT2D eigenvalue weighted by molar-refractivity contribution is 0.0911. The molecular formula is C13H18N2O3. The number of benzene rings is 1. The first-order valence-electron chi connectivity index (χ1n) is 6.17. The van der Waals surface area contributed by atoms with Gasteiger partial charge in [-0.15, -0.1) is 0 Å². The number of ether oxygens (including phenoxy) is 1. The van der Waals surface area contributed by atoms with Crippen molar-refractivity contribution in [1.82, 2.24) is 5.32 Å². The minimum absolute atomic E-state index is 0.0592. The molecule has 1 aromatic carbocycles. The number of amides is 1. The van der Waals surface area contributed by atoms with E-state index in [1.807, 2.05) is 19.1 Å². The molecule has 1 heterocycles. The van der Waals surface area contributed by atoms with Crippen LogP contribution in [0.2, 0.25) is 0 Å². The maximum atomic E-state index is 12.1. The number of aliphatic hydroxyl groups is 1. The molecule has 0 aromatic heterocycles. The molecule has 1 aliphatic heterocycles. The van der Waals surface area contributed by atoms with E-state index in [9.17, 15) is 4.79 Å². The van der Waals surface area contributed by atoms with Crippen LogP contribution < -0.4 is 15.4 Å². The monoisotopic (exact) mass is 250 g/mol. The summed E-state index contributed by atoms with van der Waals surface area (Å²) < 4.78 is 5.54. The Morgan fingerprint density at radius 3 is 3.17 bits per heavy atom. The van der Waals surface area contributed by atoms with E-state index in [0.29, 0.717) is 24.3 Å². The average molecular weight is 250 g/mol. The molecule has 5 nitrogen and oxygen atoms in total. The maximum absolute atomic E-state index is 12.1. The zero-order chi connectivity index (χ0) is 13.0. The molecular weight excluding hydrogens is 232 g/mol. The number of fused-ring (bicyclic) bond motifs is 1. The number of rotatable bonds is 4. The Morgan fingerprint density at radius 1 is 1.61 bits per heavy atom. The first-order valence-corrected chi connectivity index (χ1v) is 6.17. The molecule has 1 amide bonds. The summed E-state index contributed by atoms with van der Waals surface area (Å²) in [4.78, 5) is 12.1. The molecule has 0 bridgehead atoms. The van der Waals surface area contributed by atoms with Gasteiger partial charge in [0.1, 0.15) is 6.61 Å². The summed E-state index contributed by atoms with van der Waals surface area (Å²) in [6.07, 6.45) is 0.691. The van der Waals surface area contributed by atoms with E-state index in [0.717, 1.165) is 12.2 Å². The predicted molar refractivity (Wildman–Crippen MR) is 69.1 cm³/mol. The van der Waals surface area contributed by atoms with Crippen molar-refractivity contribution in [2.75, 3.05) is 25.1 Å². The van der Waals surface area contributed by atoms with E-state index >= 15 is 0 Å². The van der Waals surface area contributed by atoms with Crippen molar-refractivity contribution in [3.8, 4) is 5.75 Å². The summed E-state index contributed by atoms with van der Waals surface area (Å²) in [5.74, 6) is 0.380. The fourth-order valence-electron chi connectivity index (χ4n) is 1.89. The molecule has 0 saturated carbocycles. The van der Waals surface area contributed by atoms with Gasteiger partial charge < -0.3 is 20.5 Å². The number of aliphatic hydroxyl groups excluding tert-OH is 1. The zero-order valence-corrected chi connectivity index (χ0v) is 10.4. The molecule has 0 radical (unpaired) electrons. The maximum Gasteiger partial charge on any atom is 0.255 e. The topological polar surface area (TPSA) is 70.6 Å². The molecule has 1 aromatic rings. The van der Waals surface area contributed by atoms with Crippen LogP contribution in [-0.4, -0.2) is 36.8 Å². The molecule has 0 spiro atoms. The highest BCUT2D eigenvalue weighted by Crippen LogP contribution is 2.31. The van der Waals surface area contributed by atoms with Gasteiger partial charge in [0.05, 0.1) is 23.9 Å². The standard InChI is InChI=1S/C13H18N2O3/c1-2-9(8-16)15-13(17)10-4-3-5-11-12(10)18-7-6-14-11/h3-5,9,14,16H,2,6-8H2,1H3,(H,15,17)/t9-/m1/s1. The molecule has 98 valence electrons. The minimum Gasteiger partial charge on any atom is -0.489 e. The second-order valence-electron chi connectivity index (χ2n) is 4.22. The van der Waals surface area contributed by atoms with Crippen LogP contribution in [-0.2, 0) is 0 Å². The van der Waals surface area contributed by atoms with E-state index in [1.54, 1.807) is 6.07 Å². The third-order valence-electron chi connectivity index (χ3n) is 2.97. The van der Waals surface area contributed by atoms with Crippen LogP contribution in [0.4, 0.5) is 5.69 Å². The van der Waals surface area contributed by atoms with E-state index in [1.165, 1.54) is 0 Å². The zero-order valence-electron chi connectivity index (χ0n) is 10.4. The van der Waals surface area contributed by atoms with E-state index < -0.39 is 0 Å². The molecule has 0 unspecified atom stereocenters. The second kappa shape index (κ2) is 5.73. The molecule has 0 fully saturated rings. The highest BCUT2D eigenvalue weighted by atomic mass is 16.5. The minimum atomic E-state index is -0.218. The van der Waals surface area contributed by atoms with Crippen LogP contribution in [0.3, 0.4) is 0 Å². The Bertz CT molecular complexity index is 430. The highest BCUT2D eigenvalue weighted by Gasteiger charge is 2.20. The molecule has 1 atom stereocenters. The van der Waals surface area contributed by atoms with Gasteiger partial charge in [-0.25, -0.2) is 0 Å². The van der Waals surface area contributed by atoms with Gasteiger partial charge in [-0.2, -0.15) is 0 Å². The van der Waals surface area contributed by atoms with Crippen molar-refractivity contribution < 1.29 is 14.6 Å². The van der Waals surface area contributed by atoms with Crippen molar-refractivity contribution >= 4 is 11.6 Å². The molecule has 0 aliphatic carbocycles. The molecule has 2 rings (SSSR count). The number of hydrogen-bond donors (Lipinski definition) is 3. The highest BCUT2D eigenvalue weighted by molar-refractivity contribution is 5.99. The lowest BCUT2D eigenvalue weighted by atomic mass is 10.1. The fourth-order valence-corrected chi connectivity index (χ4v) is 1.89. The Kier molecular flexibility index (Phi) is 4.04. The Morgan fingerprint density at radius 2 is 2.44 bits per heavy atom. The van der Waals surface area contributed by atoms with Gasteiger partial charge in [0.25, 0.3) is 5.91 Å². The van der Waals surface area contributed by atoms with Crippen LogP contribution in [0.25, 0.3) is 0 Å². The van der Waals surface area contributed by atoms with E-state index in [-0.39, 0.29) is 18.6 Å². The number of carbonyl (C=O) groups is 1. The molecule has 1 aliphatic rings. The second-order valence-corrected chi connectivity index (χ2v) is 4.22. The predicted octanol–water partition coefficient (Wildman–Crippen LogP) is 0.992. The van der Waals surface area contributed by atoms with Gasteiger partial charge in [0.2, 0.25) is 0 Å². The third-order valence-corrected chi connectivity index (χ3v) is 2.97. The first kappa shape index (κ1) is 12.7. The Balaban J connectivity index is 2.20. The number of nitrogens with one attached hydrogen (secondary N) is 2. The van der Waals surface area contributed by atoms with Crippen LogP contribution in [0.5, 0.6) is 5.75 Å². The van der Waals surface area contributed by atoms with Crippen LogP contribution in [0.1, 0.15) is 23.7 Å². The first-order chi connectivity index (χ1) is 8.76.